The molecular formula is C68H28S. The van der Waals surface area contributed by atoms with Crippen molar-refractivity contribution < 1.29 is 0 Å². The summed E-state index contributed by atoms with van der Waals surface area (Å²) in [5, 5.41) is 30.8. The highest BCUT2D eigenvalue weighted by Crippen LogP contribution is 3.01. The fourth-order valence-electron chi connectivity index (χ4n) is 32.1. The minimum atomic E-state index is 0.0484. The van der Waals surface area contributed by atoms with Crippen LogP contribution in [0.2, 0.25) is 0 Å². The van der Waals surface area contributed by atoms with Crippen molar-refractivity contribution in [2.75, 3.05) is 0 Å². The molecule has 0 nitrogen and oxygen atoms in total. The average Bonchev–Trinajstić information content (AvgIpc) is 4.21. The lowest BCUT2D eigenvalue weighted by Crippen LogP contribution is -2.62. The minimum absolute atomic E-state index is 0.0484. The number of benzene rings is 10. The van der Waals surface area contributed by atoms with Crippen molar-refractivity contribution in [3.05, 3.63) is 141 Å². The molecule has 0 amide bonds. The van der Waals surface area contributed by atoms with Crippen LogP contribution < -0.4 is 0 Å². The fraction of sp³-hybridized carbons (Fsp3) is 0.353. The molecule has 1 fully saturated rings. The first kappa shape index (κ1) is 27.3. The zero-order chi connectivity index (χ0) is 40.8. The van der Waals surface area contributed by atoms with E-state index in [0.717, 1.165) is 6.42 Å². The van der Waals surface area contributed by atoms with E-state index in [0.29, 0.717) is 118 Å². The summed E-state index contributed by atoms with van der Waals surface area (Å²) in [6.07, 6.45) is 1.15. The van der Waals surface area contributed by atoms with Gasteiger partial charge in [-0.3, -0.25) is 0 Å². The third-order valence-corrected chi connectivity index (χ3v) is 32.3. The Hall–Kier alpha value is -5.37. The Bertz CT molecular complexity index is 5440. The number of aryl methyl sites for hydroxylation is 1. The lowest BCUT2D eigenvalue weighted by molar-refractivity contribution is 0.0341. The van der Waals surface area contributed by atoms with Gasteiger partial charge < -0.3 is 0 Å². The Morgan fingerprint density at radius 3 is 1.10 bits per heavy atom. The molecule has 23 aliphatic rings. The smallest absolute Gasteiger partial charge is 0.0645 e. The molecule has 11 aromatic carbocycles. The van der Waals surface area contributed by atoms with Gasteiger partial charge in [-0.1, -0.05) is 19.1 Å². The maximum atomic E-state index is 2.87. The summed E-state index contributed by atoms with van der Waals surface area (Å²) in [6, 6.07) is 8.38. The number of hydrogen-bond acceptors (Lipinski definition) is 1. The molecule has 69 heavy (non-hydrogen) atoms. The van der Waals surface area contributed by atoms with Crippen molar-refractivity contribution >= 4 is 97.9 Å². The Kier molecular flexibility index (Phi) is 2.48. The van der Waals surface area contributed by atoms with E-state index in [1.807, 2.05) is 203 Å². The SMILES string of the molecule is CCc1ccc2c(c1)SC13c4c5c6c7c8c9c%10c%11c%12c%13c%14c%15c(c%16c%13c%10c7c4-%16)C21C1C%15C2c4c7c%10c%13c%15c%16c%17c%18c%19c%20c%21c%22c%23c(c4c4c%22c%19c%16c%104)C2C%14C%12C%23C%21C%11C9C%20C%18C8C6C%17C%15C5C3C%13C71. The summed E-state index contributed by atoms with van der Waals surface area (Å²) in [4.78, 5) is 1.75. The van der Waals surface area contributed by atoms with Crippen LogP contribution in [0, 0.1) is 11.8 Å². The summed E-state index contributed by atoms with van der Waals surface area (Å²) >= 11 is 2.59. The monoisotopic (exact) mass is 876 g/mol. The van der Waals surface area contributed by atoms with E-state index in [2.05, 4.69) is 48.0 Å². The average molecular weight is 877 g/mol. The van der Waals surface area contributed by atoms with Gasteiger partial charge in [0.1, 0.15) is 0 Å². The molecule has 0 radical (unpaired) electrons. The van der Waals surface area contributed by atoms with Crippen LogP contribution in [0.25, 0.3) is 97.3 Å². The second-order valence-corrected chi connectivity index (χ2v) is 30.6. The molecule has 22 atom stereocenters. The van der Waals surface area contributed by atoms with Gasteiger partial charge in [0.2, 0.25) is 0 Å². The summed E-state index contributed by atoms with van der Waals surface area (Å²) in [5.74, 6) is 13.5. The minimum Gasteiger partial charge on any atom is -0.112 e. The third kappa shape index (κ3) is 1.49. The lowest BCUT2D eigenvalue weighted by atomic mass is 9.39. The van der Waals surface area contributed by atoms with E-state index < -0.39 is 0 Å². The quantitative estimate of drug-likeness (QED) is 0.148. The van der Waals surface area contributed by atoms with Crippen molar-refractivity contribution in [2.45, 2.75) is 135 Å². The van der Waals surface area contributed by atoms with Crippen LogP contribution >= 0.6 is 11.8 Å². The maximum absolute atomic E-state index is 2.87. The predicted molar refractivity (Wildman–Crippen MR) is 266 cm³/mol. The molecular weight excluding hydrogens is 849 g/mol. The molecule has 1 aliphatic heterocycles. The molecule has 0 N–H and O–H groups in total. The third-order valence-electron chi connectivity index (χ3n) is 30.7. The van der Waals surface area contributed by atoms with Crippen LogP contribution in [0.1, 0.15) is 236 Å². The van der Waals surface area contributed by atoms with Gasteiger partial charge in [-0.05, 0) is 351 Å². The van der Waals surface area contributed by atoms with E-state index >= 15 is 0 Å². The van der Waals surface area contributed by atoms with Crippen LogP contribution in [-0.4, -0.2) is 0 Å². The predicted octanol–water partition coefficient (Wildman–Crippen LogP) is 15.1. The van der Waals surface area contributed by atoms with E-state index in [1.54, 1.807) is 10.5 Å². The van der Waals surface area contributed by atoms with Gasteiger partial charge in [-0.2, -0.15) is 0 Å². The number of rotatable bonds is 1. The number of fused-ring (bicyclic) bond motifs is 1. The molecule has 22 unspecified atom stereocenters. The molecule has 306 valence electrons. The highest BCUT2D eigenvalue weighted by molar-refractivity contribution is 8.00. The Morgan fingerprint density at radius 1 is 0.333 bits per heavy atom. The lowest BCUT2D eigenvalue weighted by Gasteiger charge is -2.65. The standard InChI is InChI=1S/C68H28S/c1-2-6-3-4-7-8(5-6)69-68-65-59-53-43-31-23-15-11-9-10-13-17(15)25(31)35-29-21(13)22-14(10)18-16-12(9)20-19(11)27-33(23)41-47-37(27)38-28(20)34-24(16)32-26(18)36-30(22)40-39(29)51(45(35)53)61(65)62-52(40)46(36)54-44(32)50-42(34)48(38)56-55(47)63(57(59)49(41)43)67(7,68)64(56)58(50)60(54)66(62)68/h3-5,11,13,15,17,19,21,27,29,37-40,48,52,56,58,60,62,64,66H,2H2,1H3. The fourth-order valence-corrected chi connectivity index (χ4v) is 34.2. The van der Waals surface area contributed by atoms with Gasteiger partial charge in [0, 0.05) is 10.3 Å². The Labute approximate surface area is 394 Å². The van der Waals surface area contributed by atoms with Crippen LogP contribution in [-0.2, 0) is 16.6 Å². The maximum Gasteiger partial charge on any atom is 0.0645 e. The highest BCUT2D eigenvalue weighted by Gasteiger charge is 2.89. The van der Waals surface area contributed by atoms with Crippen LogP contribution in [0.5, 0.6) is 0 Å². The first-order valence-electron chi connectivity index (χ1n) is 28.4. The van der Waals surface area contributed by atoms with Crippen LogP contribution in [0.4, 0.5) is 0 Å². The van der Waals surface area contributed by atoms with Gasteiger partial charge in [-0.25, -0.2) is 0 Å². The van der Waals surface area contributed by atoms with Crippen LogP contribution in [0.15, 0.2) is 23.1 Å². The second kappa shape index (κ2) is 6.28. The van der Waals surface area contributed by atoms with E-state index in [-0.39, 0.29) is 10.2 Å². The summed E-state index contributed by atoms with van der Waals surface area (Å²) < 4.78 is 0.0786. The molecule has 34 rings (SSSR count). The summed E-state index contributed by atoms with van der Waals surface area (Å²) in [6.45, 7) is 2.44. The number of hydrogen-bond donors (Lipinski definition) is 0. The van der Waals surface area contributed by atoms with Gasteiger partial charge in [0.05, 0.1) is 4.75 Å². The molecule has 1 heteroatoms. The molecule has 11 aromatic rings. The normalized spacial score (nSPS) is 48.5. The molecule has 1 heterocycles. The zero-order valence-corrected chi connectivity index (χ0v) is 37.7. The van der Waals surface area contributed by atoms with E-state index in [4.69, 9.17) is 0 Å². The first-order valence-corrected chi connectivity index (χ1v) is 29.2. The van der Waals surface area contributed by atoms with Crippen molar-refractivity contribution in [1.29, 1.82) is 0 Å². The van der Waals surface area contributed by atoms with Gasteiger partial charge in [-0.15, -0.1) is 11.8 Å². The molecule has 0 saturated heterocycles. The second-order valence-electron chi connectivity index (χ2n) is 29.3. The molecule has 2 spiro atoms. The van der Waals surface area contributed by atoms with Crippen molar-refractivity contribution in [2.24, 2.45) is 11.8 Å². The highest BCUT2D eigenvalue weighted by atomic mass is 32.2. The van der Waals surface area contributed by atoms with Gasteiger partial charge in [0.25, 0.3) is 0 Å². The molecule has 1 saturated carbocycles. The number of thioether (sulfide) groups is 1. The molecule has 22 aliphatic carbocycles. The van der Waals surface area contributed by atoms with Gasteiger partial charge >= 0.3 is 0 Å². The Morgan fingerprint density at radius 2 is 0.652 bits per heavy atom. The van der Waals surface area contributed by atoms with Gasteiger partial charge in [0.15, 0.2) is 0 Å². The van der Waals surface area contributed by atoms with E-state index in [9.17, 15) is 0 Å². The van der Waals surface area contributed by atoms with E-state index in [1.165, 1.54) is 0 Å². The Balaban J connectivity index is 1.03. The summed E-state index contributed by atoms with van der Waals surface area (Å²) in [5.41, 5.74) is 48.1. The van der Waals surface area contributed by atoms with Crippen molar-refractivity contribution in [3.63, 3.8) is 0 Å². The molecule has 0 aromatic heterocycles. The largest absolute Gasteiger partial charge is 0.112 e. The topological polar surface area (TPSA) is 0 Å². The summed E-state index contributed by atoms with van der Waals surface area (Å²) in [7, 11) is 0. The molecule has 0 bridgehead atoms. The first-order chi connectivity index (χ1) is 34.4. The van der Waals surface area contributed by atoms with Crippen molar-refractivity contribution in [1.82, 2.24) is 0 Å². The van der Waals surface area contributed by atoms with Crippen molar-refractivity contribution in [3.8, 4) is 11.1 Å². The zero-order valence-electron chi connectivity index (χ0n) is 36.9. The van der Waals surface area contributed by atoms with Crippen LogP contribution in [0.3, 0.4) is 0 Å².